The van der Waals surface area contributed by atoms with E-state index >= 15 is 0 Å². The quantitative estimate of drug-likeness (QED) is 0.825. The van der Waals surface area contributed by atoms with Crippen molar-refractivity contribution in [3.63, 3.8) is 0 Å². The molecule has 1 aromatic heterocycles. The SMILES string of the molecule is O=C(O)CSc1nccn1C1CCOC1C1CC1. The number of thioether (sulfide) groups is 1. The fourth-order valence-electron chi connectivity index (χ4n) is 2.56. The maximum atomic E-state index is 10.6. The molecule has 5 nitrogen and oxygen atoms in total. The van der Waals surface area contributed by atoms with E-state index in [2.05, 4.69) is 9.55 Å². The van der Waals surface area contributed by atoms with Crippen molar-refractivity contribution in [2.24, 2.45) is 5.92 Å². The standard InChI is InChI=1S/C12H16N2O3S/c15-10(16)7-18-12-13-4-5-14(12)9-3-6-17-11(9)8-1-2-8/h4-5,8-9,11H,1-3,6-7H2,(H,15,16). The number of carboxylic acid groups (broad SMARTS) is 1. The van der Waals surface area contributed by atoms with Gasteiger partial charge in [0.1, 0.15) is 0 Å². The van der Waals surface area contributed by atoms with Gasteiger partial charge in [0.25, 0.3) is 0 Å². The van der Waals surface area contributed by atoms with E-state index in [1.54, 1.807) is 6.20 Å². The Morgan fingerprint density at radius 2 is 2.39 bits per heavy atom. The lowest BCUT2D eigenvalue weighted by molar-refractivity contribution is -0.133. The highest BCUT2D eigenvalue weighted by Crippen LogP contribution is 2.44. The zero-order valence-electron chi connectivity index (χ0n) is 9.99. The minimum absolute atomic E-state index is 0.0543. The Hall–Kier alpha value is -1.01. The molecule has 1 saturated carbocycles. The molecule has 98 valence electrons. The lowest BCUT2D eigenvalue weighted by Gasteiger charge is -2.21. The number of hydrogen-bond donors (Lipinski definition) is 1. The van der Waals surface area contributed by atoms with Gasteiger partial charge >= 0.3 is 5.97 Å². The van der Waals surface area contributed by atoms with Crippen LogP contribution in [-0.4, -0.2) is 39.1 Å². The molecule has 1 saturated heterocycles. The van der Waals surface area contributed by atoms with Crippen LogP contribution in [0.2, 0.25) is 0 Å². The van der Waals surface area contributed by atoms with E-state index < -0.39 is 5.97 Å². The number of imidazole rings is 1. The summed E-state index contributed by atoms with van der Waals surface area (Å²) in [6, 6.07) is 0.330. The fourth-order valence-corrected chi connectivity index (χ4v) is 3.30. The van der Waals surface area contributed by atoms with Gasteiger partial charge in [0, 0.05) is 19.0 Å². The predicted molar refractivity (Wildman–Crippen MR) is 66.7 cm³/mol. The van der Waals surface area contributed by atoms with Gasteiger partial charge in [-0.15, -0.1) is 0 Å². The summed E-state index contributed by atoms with van der Waals surface area (Å²) in [6.45, 7) is 0.799. The minimum Gasteiger partial charge on any atom is -0.481 e. The Labute approximate surface area is 110 Å². The molecular weight excluding hydrogens is 252 g/mol. The normalized spacial score (nSPS) is 27.6. The second-order valence-corrected chi connectivity index (χ2v) is 5.77. The molecule has 2 fully saturated rings. The van der Waals surface area contributed by atoms with Crippen molar-refractivity contribution >= 4 is 17.7 Å². The minimum atomic E-state index is -0.809. The maximum Gasteiger partial charge on any atom is 0.313 e. The highest BCUT2D eigenvalue weighted by molar-refractivity contribution is 7.99. The first-order valence-corrected chi connectivity index (χ1v) is 7.23. The van der Waals surface area contributed by atoms with Gasteiger partial charge < -0.3 is 14.4 Å². The van der Waals surface area contributed by atoms with Crippen molar-refractivity contribution < 1.29 is 14.6 Å². The molecule has 2 aliphatic rings. The predicted octanol–water partition coefficient (Wildman–Crippen LogP) is 1.80. The van der Waals surface area contributed by atoms with Crippen LogP contribution in [0.3, 0.4) is 0 Å². The van der Waals surface area contributed by atoms with Gasteiger partial charge in [0.15, 0.2) is 5.16 Å². The van der Waals surface area contributed by atoms with Crippen molar-refractivity contribution in [2.45, 2.75) is 36.6 Å². The number of rotatable bonds is 5. The van der Waals surface area contributed by atoms with Crippen molar-refractivity contribution in [1.82, 2.24) is 9.55 Å². The van der Waals surface area contributed by atoms with E-state index in [1.165, 1.54) is 24.6 Å². The summed E-state index contributed by atoms with van der Waals surface area (Å²) in [5.41, 5.74) is 0. The smallest absolute Gasteiger partial charge is 0.313 e. The van der Waals surface area contributed by atoms with E-state index in [4.69, 9.17) is 9.84 Å². The van der Waals surface area contributed by atoms with Crippen molar-refractivity contribution in [3.05, 3.63) is 12.4 Å². The molecule has 1 aliphatic carbocycles. The van der Waals surface area contributed by atoms with Crippen LogP contribution in [0.1, 0.15) is 25.3 Å². The molecule has 0 amide bonds. The molecule has 0 spiro atoms. The Bertz CT molecular complexity index is 444. The summed E-state index contributed by atoms with van der Waals surface area (Å²) < 4.78 is 7.92. The van der Waals surface area contributed by atoms with Crippen LogP contribution in [-0.2, 0) is 9.53 Å². The van der Waals surface area contributed by atoms with Gasteiger partial charge in [-0.2, -0.15) is 0 Å². The van der Waals surface area contributed by atoms with Crippen LogP contribution in [0.4, 0.5) is 0 Å². The molecular formula is C12H16N2O3S. The summed E-state index contributed by atoms with van der Waals surface area (Å²) in [7, 11) is 0. The zero-order chi connectivity index (χ0) is 12.5. The monoisotopic (exact) mass is 268 g/mol. The van der Waals surface area contributed by atoms with Crippen molar-refractivity contribution in [3.8, 4) is 0 Å². The first-order valence-electron chi connectivity index (χ1n) is 6.25. The van der Waals surface area contributed by atoms with Gasteiger partial charge in [-0.25, -0.2) is 4.98 Å². The van der Waals surface area contributed by atoms with Crippen molar-refractivity contribution in [2.75, 3.05) is 12.4 Å². The Kier molecular flexibility index (Phi) is 3.30. The van der Waals surface area contributed by atoms with Crippen molar-refractivity contribution in [1.29, 1.82) is 0 Å². The van der Waals surface area contributed by atoms with E-state index in [1.807, 2.05) is 6.20 Å². The van der Waals surface area contributed by atoms with E-state index in [0.717, 1.165) is 18.2 Å². The molecule has 2 atom stereocenters. The third-order valence-electron chi connectivity index (χ3n) is 3.50. The van der Waals surface area contributed by atoms with E-state index in [0.29, 0.717) is 18.1 Å². The number of carbonyl (C=O) groups is 1. The molecule has 1 aliphatic heterocycles. The van der Waals surface area contributed by atoms with Gasteiger partial charge in [-0.1, -0.05) is 11.8 Å². The molecule has 18 heavy (non-hydrogen) atoms. The number of nitrogens with zero attached hydrogens (tertiary/aromatic N) is 2. The Balaban J connectivity index is 1.74. The number of hydrogen-bond acceptors (Lipinski definition) is 4. The molecule has 1 N–H and O–H groups in total. The molecule has 1 aromatic rings. The van der Waals surface area contributed by atoms with Gasteiger partial charge in [0.2, 0.25) is 0 Å². The summed E-state index contributed by atoms with van der Waals surface area (Å²) >= 11 is 1.28. The molecule has 3 rings (SSSR count). The lowest BCUT2D eigenvalue weighted by atomic mass is 10.1. The van der Waals surface area contributed by atoms with Crippen LogP contribution in [0.5, 0.6) is 0 Å². The molecule has 6 heteroatoms. The molecule has 0 radical (unpaired) electrons. The Morgan fingerprint density at radius 3 is 3.11 bits per heavy atom. The van der Waals surface area contributed by atoms with E-state index in [9.17, 15) is 4.79 Å². The Morgan fingerprint density at radius 1 is 1.56 bits per heavy atom. The second-order valence-electron chi connectivity index (χ2n) is 4.83. The lowest BCUT2D eigenvalue weighted by Crippen LogP contribution is -2.22. The van der Waals surface area contributed by atoms with Crippen LogP contribution in [0, 0.1) is 5.92 Å². The largest absolute Gasteiger partial charge is 0.481 e. The average molecular weight is 268 g/mol. The highest BCUT2D eigenvalue weighted by Gasteiger charge is 2.41. The van der Waals surface area contributed by atoms with Crippen LogP contribution < -0.4 is 0 Å². The van der Waals surface area contributed by atoms with E-state index in [-0.39, 0.29) is 5.75 Å². The molecule has 0 aromatic carbocycles. The third-order valence-corrected chi connectivity index (χ3v) is 4.47. The fraction of sp³-hybridized carbons (Fsp3) is 0.667. The molecule has 2 heterocycles. The van der Waals surface area contributed by atoms with Crippen LogP contribution in [0.25, 0.3) is 0 Å². The summed E-state index contributed by atoms with van der Waals surface area (Å²) in [4.78, 5) is 14.9. The van der Waals surface area contributed by atoms with Gasteiger partial charge in [0.05, 0.1) is 17.9 Å². The van der Waals surface area contributed by atoms with Crippen LogP contribution >= 0.6 is 11.8 Å². The maximum absolute atomic E-state index is 10.6. The number of aromatic nitrogens is 2. The first-order chi connectivity index (χ1) is 8.75. The van der Waals surface area contributed by atoms with Gasteiger partial charge in [-0.05, 0) is 25.2 Å². The zero-order valence-corrected chi connectivity index (χ0v) is 10.8. The highest BCUT2D eigenvalue weighted by atomic mass is 32.2. The van der Waals surface area contributed by atoms with Crippen LogP contribution in [0.15, 0.2) is 17.6 Å². The summed E-state index contributed by atoms with van der Waals surface area (Å²) in [5.74, 6) is -0.0632. The molecule has 2 unspecified atom stereocenters. The summed E-state index contributed by atoms with van der Waals surface area (Å²) in [6.07, 6.45) is 7.49. The topological polar surface area (TPSA) is 64.3 Å². The number of aliphatic carboxylic acids is 1. The summed E-state index contributed by atoms with van der Waals surface area (Å²) in [5, 5.41) is 9.53. The average Bonchev–Trinajstić information content (AvgIpc) is 2.91. The number of carboxylic acids is 1. The molecule has 0 bridgehead atoms. The first kappa shape index (κ1) is 12.0. The van der Waals surface area contributed by atoms with Gasteiger partial charge in [-0.3, -0.25) is 4.79 Å². The number of ether oxygens (including phenoxy) is 1. The second kappa shape index (κ2) is 4.93. The third kappa shape index (κ3) is 2.40.